The first-order valence-electron chi connectivity index (χ1n) is 6.08. The van der Waals surface area contributed by atoms with Gasteiger partial charge in [-0.3, -0.25) is 0 Å². The second-order valence-electron chi connectivity index (χ2n) is 4.18. The Kier molecular flexibility index (Phi) is 4.82. The van der Waals surface area contributed by atoms with E-state index in [1.54, 1.807) is 13.2 Å². The SMILES string of the molecule is COc1cccc(CN)c1OCc1cc(F)ccc1Cl. The Morgan fingerprint density at radius 2 is 2.00 bits per heavy atom. The number of benzene rings is 2. The van der Waals surface area contributed by atoms with Crippen molar-refractivity contribution in [2.45, 2.75) is 13.2 Å². The molecule has 0 aliphatic rings. The Bertz CT molecular complexity index is 582. The normalized spacial score (nSPS) is 10.4. The van der Waals surface area contributed by atoms with Gasteiger partial charge in [0.1, 0.15) is 12.4 Å². The molecule has 0 aliphatic carbocycles. The number of nitrogens with two attached hydrogens (primary N) is 1. The van der Waals surface area contributed by atoms with Crippen LogP contribution in [0.4, 0.5) is 4.39 Å². The molecule has 2 N–H and O–H groups in total. The Morgan fingerprint density at radius 3 is 2.70 bits per heavy atom. The van der Waals surface area contributed by atoms with E-state index in [1.165, 1.54) is 18.2 Å². The highest BCUT2D eigenvalue weighted by atomic mass is 35.5. The molecule has 0 unspecified atom stereocenters. The minimum Gasteiger partial charge on any atom is -0.493 e. The summed E-state index contributed by atoms with van der Waals surface area (Å²) < 4.78 is 24.2. The Balaban J connectivity index is 2.24. The van der Waals surface area contributed by atoms with E-state index in [1.807, 2.05) is 12.1 Å². The maximum absolute atomic E-state index is 13.2. The van der Waals surface area contributed by atoms with Crippen molar-refractivity contribution < 1.29 is 13.9 Å². The van der Waals surface area contributed by atoms with Crippen LogP contribution in [0.2, 0.25) is 5.02 Å². The minimum absolute atomic E-state index is 0.143. The number of methoxy groups -OCH3 is 1. The van der Waals surface area contributed by atoms with Gasteiger partial charge in [-0.1, -0.05) is 23.7 Å². The van der Waals surface area contributed by atoms with Gasteiger partial charge in [-0.05, 0) is 24.3 Å². The van der Waals surface area contributed by atoms with Crippen molar-refractivity contribution >= 4 is 11.6 Å². The molecule has 2 aromatic rings. The summed E-state index contributed by atoms with van der Waals surface area (Å²) >= 11 is 6.01. The zero-order chi connectivity index (χ0) is 14.5. The van der Waals surface area contributed by atoms with E-state index in [2.05, 4.69) is 0 Å². The first-order chi connectivity index (χ1) is 9.65. The highest BCUT2D eigenvalue weighted by Gasteiger charge is 2.11. The Labute approximate surface area is 122 Å². The molecular formula is C15H15ClFNO2. The van der Waals surface area contributed by atoms with Gasteiger partial charge in [0.2, 0.25) is 0 Å². The van der Waals surface area contributed by atoms with Crippen LogP contribution in [0.1, 0.15) is 11.1 Å². The lowest BCUT2D eigenvalue weighted by Crippen LogP contribution is -2.05. The van der Waals surface area contributed by atoms with Gasteiger partial charge in [-0.2, -0.15) is 0 Å². The maximum atomic E-state index is 13.2. The third-order valence-corrected chi connectivity index (χ3v) is 3.25. The van der Waals surface area contributed by atoms with Crippen LogP contribution in [0.15, 0.2) is 36.4 Å². The van der Waals surface area contributed by atoms with Crippen molar-refractivity contribution in [3.8, 4) is 11.5 Å². The summed E-state index contributed by atoms with van der Waals surface area (Å²) in [6.45, 7) is 0.466. The summed E-state index contributed by atoms with van der Waals surface area (Å²) in [5.41, 5.74) is 7.06. The van der Waals surface area contributed by atoms with E-state index in [0.717, 1.165) is 5.56 Å². The maximum Gasteiger partial charge on any atom is 0.166 e. The number of hydrogen-bond donors (Lipinski definition) is 1. The fourth-order valence-electron chi connectivity index (χ4n) is 1.85. The molecule has 0 saturated carbocycles. The van der Waals surface area contributed by atoms with Gasteiger partial charge < -0.3 is 15.2 Å². The summed E-state index contributed by atoms with van der Waals surface area (Å²) in [5, 5.41) is 0.454. The third kappa shape index (κ3) is 3.21. The van der Waals surface area contributed by atoms with Gasteiger partial charge in [-0.25, -0.2) is 4.39 Å². The molecule has 0 aromatic heterocycles. The average Bonchev–Trinajstić information content (AvgIpc) is 2.47. The van der Waals surface area contributed by atoms with Gasteiger partial charge in [-0.15, -0.1) is 0 Å². The monoisotopic (exact) mass is 295 g/mol. The van der Waals surface area contributed by atoms with E-state index in [0.29, 0.717) is 28.6 Å². The lowest BCUT2D eigenvalue weighted by molar-refractivity contribution is 0.281. The van der Waals surface area contributed by atoms with Gasteiger partial charge in [0, 0.05) is 22.7 Å². The fourth-order valence-corrected chi connectivity index (χ4v) is 2.02. The zero-order valence-electron chi connectivity index (χ0n) is 11.0. The number of para-hydroxylation sites is 1. The molecule has 0 radical (unpaired) electrons. The van der Waals surface area contributed by atoms with Crippen molar-refractivity contribution in [2.24, 2.45) is 5.73 Å². The molecule has 3 nitrogen and oxygen atoms in total. The molecule has 106 valence electrons. The van der Waals surface area contributed by atoms with E-state index in [9.17, 15) is 4.39 Å². The first kappa shape index (κ1) is 14.6. The van der Waals surface area contributed by atoms with Gasteiger partial charge in [0.05, 0.1) is 7.11 Å². The Morgan fingerprint density at radius 1 is 1.20 bits per heavy atom. The molecular weight excluding hydrogens is 281 g/mol. The molecule has 0 fully saturated rings. The number of rotatable bonds is 5. The van der Waals surface area contributed by atoms with Crippen molar-refractivity contribution in [3.05, 3.63) is 58.4 Å². The molecule has 2 rings (SSSR count). The molecule has 0 bridgehead atoms. The van der Waals surface area contributed by atoms with Crippen LogP contribution < -0.4 is 15.2 Å². The number of halogens is 2. The molecule has 0 atom stereocenters. The lowest BCUT2D eigenvalue weighted by atomic mass is 10.2. The second-order valence-corrected chi connectivity index (χ2v) is 4.58. The van der Waals surface area contributed by atoms with Crippen LogP contribution in [0, 0.1) is 5.82 Å². The molecule has 0 heterocycles. The van der Waals surface area contributed by atoms with Gasteiger partial charge in [0.25, 0.3) is 0 Å². The average molecular weight is 296 g/mol. The van der Waals surface area contributed by atoms with Crippen molar-refractivity contribution in [2.75, 3.05) is 7.11 Å². The zero-order valence-corrected chi connectivity index (χ0v) is 11.8. The van der Waals surface area contributed by atoms with E-state index < -0.39 is 0 Å². The van der Waals surface area contributed by atoms with Crippen molar-refractivity contribution in [1.29, 1.82) is 0 Å². The van der Waals surface area contributed by atoms with Crippen LogP contribution in [0.25, 0.3) is 0 Å². The number of hydrogen-bond acceptors (Lipinski definition) is 3. The summed E-state index contributed by atoms with van der Waals surface area (Å²) in [6, 6.07) is 9.62. The predicted octanol–water partition coefficient (Wildman–Crippen LogP) is 3.53. The van der Waals surface area contributed by atoms with E-state index in [4.69, 9.17) is 26.8 Å². The Hall–Kier alpha value is -1.78. The standard InChI is InChI=1S/C15H15ClFNO2/c1-19-14-4-2-3-10(8-18)15(14)20-9-11-7-12(17)5-6-13(11)16/h2-7H,8-9,18H2,1H3. The smallest absolute Gasteiger partial charge is 0.166 e. The number of ether oxygens (including phenoxy) is 2. The summed E-state index contributed by atoms with van der Waals surface area (Å²) in [7, 11) is 1.55. The molecule has 0 spiro atoms. The van der Waals surface area contributed by atoms with Crippen LogP contribution in [0.5, 0.6) is 11.5 Å². The molecule has 2 aromatic carbocycles. The molecule has 0 aliphatic heterocycles. The van der Waals surface area contributed by atoms with E-state index in [-0.39, 0.29) is 12.4 Å². The predicted molar refractivity (Wildman–Crippen MR) is 76.6 cm³/mol. The summed E-state index contributed by atoms with van der Waals surface area (Å²) in [4.78, 5) is 0. The van der Waals surface area contributed by atoms with Crippen LogP contribution >= 0.6 is 11.6 Å². The third-order valence-electron chi connectivity index (χ3n) is 2.88. The quantitative estimate of drug-likeness (QED) is 0.918. The van der Waals surface area contributed by atoms with Crippen molar-refractivity contribution in [3.63, 3.8) is 0 Å². The van der Waals surface area contributed by atoms with Gasteiger partial charge >= 0.3 is 0 Å². The highest BCUT2D eigenvalue weighted by molar-refractivity contribution is 6.31. The molecule has 0 saturated heterocycles. The largest absolute Gasteiger partial charge is 0.493 e. The van der Waals surface area contributed by atoms with Crippen LogP contribution in [-0.4, -0.2) is 7.11 Å². The minimum atomic E-state index is -0.355. The van der Waals surface area contributed by atoms with Crippen LogP contribution in [-0.2, 0) is 13.2 Å². The molecule has 5 heteroatoms. The van der Waals surface area contributed by atoms with Crippen molar-refractivity contribution in [1.82, 2.24) is 0 Å². The van der Waals surface area contributed by atoms with Crippen LogP contribution in [0.3, 0.4) is 0 Å². The van der Waals surface area contributed by atoms with E-state index >= 15 is 0 Å². The molecule has 20 heavy (non-hydrogen) atoms. The highest BCUT2D eigenvalue weighted by Crippen LogP contribution is 2.32. The molecule has 0 amide bonds. The topological polar surface area (TPSA) is 44.5 Å². The second kappa shape index (κ2) is 6.59. The first-order valence-corrected chi connectivity index (χ1v) is 6.46. The fraction of sp³-hybridized carbons (Fsp3) is 0.200. The van der Waals surface area contributed by atoms with Gasteiger partial charge in [0.15, 0.2) is 11.5 Å². The summed E-state index contributed by atoms with van der Waals surface area (Å²) in [6.07, 6.45) is 0. The summed E-state index contributed by atoms with van der Waals surface area (Å²) in [5.74, 6) is 0.783. The lowest BCUT2D eigenvalue weighted by Gasteiger charge is -2.14.